The lowest BCUT2D eigenvalue weighted by Gasteiger charge is -2.39. The Hall–Kier alpha value is -1.80. The number of carbonyl (C=O) groups is 3. The van der Waals surface area contributed by atoms with Gasteiger partial charge in [-0.25, -0.2) is 0 Å². The van der Waals surface area contributed by atoms with Gasteiger partial charge < -0.3 is 19.6 Å². The monoisotopic (exact) mass is 520 g/mol. The highest BCUT2D eigenvalue weighted by Crippen LogP contribution is 2.71. The Bertz CT molecular complexity index is 850. The summed E-state index contributed by atoms with van der Waals surface area (Å²) in [5.74, 6) is -1.61. The number of ether oxygens (including phenoxy) is 1. The van der Waals surface area contributed by atoms with Gasteiger partial charge in [0.05, 0.1) is 23.2 Å². The normalized spacial score (nSPS) is 31.3. The molecule has 3 heterocycles. The van der Waals surface area contributed by atoms with Gasteiger partial charge in [0.1, 0.15) is 6.04 Å². The molecule has 1 spiro atoms. The third-order valence-electron chi connectivity index (χ3n) is 8.22. The Kier molecular flexibility index (Phi) is 9.72. The van der Waals surface area contributed by atoms with Gasteiger partial charge >= 0.3 is 5.97 Å². The average Bonchev–Trinajstić information content (AvgIpc) is 3.41. The molecular formula is C28H44N2O5S. The molecule has 8 heteroatoms. The number of hydrogen-bond acceptors (Lipinski definition) is 6. The smallest absolute Gasteiger partial charge is 0.311 e. The van der Waals surface area contributed by atoms with E-state index in [0.717, 1.165) is 32.1 Å². The van der Waals surface area contributed by atoms with Crippen LogP contribution in [-0.4, -0.2) is 80.6 Å². The average molecular weight is 521 g/mol. The molecule has 36 heavy (non-hydrogen) atoms. The van der Waals surface area contributed by atoms with Gasteiger partial charge in [0.2, 0.25) is 11.8 Å². The maximum Gasteiger partial charge on any atom is 0.311 e. The third kappa shape index (κ3) is 5.13. The molecule has 3 fully saturated rings. The number of carbonyl (C=O) groups excluding carboxylic acids is 3. The Balaban J connectivity index is 1.97. The topological polar surface area (TPSA) is 87.1 Å². The second kappa shape index (κ2) is 12.2. The Morgan fingerprint density at radius 2 is 2.03 bits per heavy atom. The molecule has 202 valence electrons. The van der Waals surface area contributed by atoms with E-state index in [4.69, 9.17) is 4.74 Å². The van der Waals surface area contributed by atoms with Crippen LogP contribution in [0.25, 0.3) is 0 Å². The molecule has 1 N–H and O–H groups in total. The number of thioether (sulfide) groups is 1. The number of hydrogen-bond donors (Lipinski definition) is 1. The van der Waals surface area contributed by atoms with E-state index in [9.17, 15) is 19.5 Å². The summed E-state index contributed by atoms with van der Waals surface area (Å²) in [7, 11) is 0. The van der Waals surface area contributed by atoms with Gasteiger partial charge in [-0.3, -0.25) is 14.4 Å². The molecule has 0 aromatic heterocycles. The van der Waals surface area contributed by atoms with Crippen molar-refractivity contribution in [2.24, 2.45) is 11.8 Å². The van der Waals surface area contributed by atoms with Crippen LogP contribution in [0.2, 0.25) is 0 Å². The standard InChI is InChI=1S/C28H44N2O5S/c1-6-9-12-19-35-26(34)22-21-24(32)30(17-10-11-18-31)23(28(21)15-14-27(22,5)36-28)25(33)29(16-8-3)20(4)13-7-2/h6,8,20-23,31H,1,3,7,9-19H2,2,4-5H3/t20?,21-,22-,23?,27+,28?/m0/s1. The minimum Gasteiger partial charge on any atom is -0.465 e. The summed E-state index contributed by atoms with van der Waals surface area (Å²) < 4.78 is 4.60. The van der Waals surface area contributed by atoms with E-state index in [1.165, 1.54) is 0 Å². The van der Waals surface area contributed by atoms with Gasteiger partial charge in [-0.05, 0) is 58.8 Å². The first-order valence-electron chi connectivity index (χ1n) is 13.5. The minimum absolute atomic E-state index is 0.0233. The van der Waals surface area contributed by atoms with Gasteiger partial charge in [-0.2, -0.15) is 0 Å². The zero-order chi connectivity index (χ0) is 26.5. The lowest BCUT2D eigenvalue weighted by Crippen LogP contribution is -2.56. The summed E-state index contributed by atoms with van der Waals surface area (Å²) in [5.41, 5.74) is 0. The van der Waals surface area contributed by atoms with Gasteiger partial charge in [-0.15, -0.1) is 24.9 Å². The van der Waals surface area contributed by atoms with Crippen molar-refractivity contribution in [2.75, 3.05) is 26.3 Å². The maximum absolute atomic E-state index is 14.3. The minimum atomic E-state index is -0.641. The van der Waals surface area contributed by atoms with Crippen LogP contribution in [0.4, 0.5) is 0 Å². The molecule has 0 radical (unpaired) electrons. The van der Waals surface area contributed by atoms with E-state index in [-0.39, 0.29) is 30.4 Å². The maximum atomic E-state index is 14.3. The summed E-state index contributed by atoms with van der Waals surface area (Å²) >= 11 is 1.67. The first-order valence-corrected chi connectivity index (χ1v) is 14.3. The van der Waals surface area contributed by atoms with E-state index in [0.29, 0.717) is 39.0 Å². The SMILES string of the molecule is C=CCCCOC(=O)[C@@H]1[C@H]2C(=O)N(CCCCO)C(C(=O)N(CC=C)C(C)CCC)C23CC[C@@]1(C)S3. The highest BCUT2D eigenvalue weighted by atomic mass is 32.2. The van der Waals surface area contributed by atoms with Crippen molar-refractivity contribution in [3.05, 3.63) is 25.3 Å². The van der Waals surface area contributed by atoms with Crippen LogP contribution in [0.5, 0.6) is 0 Å². The van der Waals surface area contributed by atoms with Crippen molar-refractivity contribution >= 4 is 29.5 Å². The van der Waals surface area contributed by atoms with E-state index in [1.54, 1.807) is 28.8 Å². The molecular weight excluding hydrogens is 476 g/mol. The second-order valence-electron chi connectivity index (χ2n) is 10.7. The fraction of sp³-hybridized carbons (Fsp3) is 0.750. The Labute approximate surface area is 220 Å². The van der Waals surface area contributed by atoms with Crippen LogP contribution in [0, 0.1) is 11.8 Å². The Morgan fingerprint density at radius 1 is 1.28 bits per heavy atom. The van der Waals surface area contributed by atoms with Crippen molar-refractivity contribution in [3.8, 4) is 0 Å². The summed E-state index contributed by atoms with van der Waals surface area (Å²) in [6.07, 6.45) is 9.50. The van der Waals surface area contributed by atoms with E-state index in [2.05, 4.69) is 33.9 Å². The number of unbranched alkanes of at least 4 members (excludes halogenated alkanes) is 2. The molecule has 0 saturated carbocycles. The number of nitrogens with zero attached hydrogens (tertiary/aromatic N) is 2. The number of allylic oxidation sites excluding steroid dienone is 1. The molecule has 3 aliphatic heterocycles. The van der Waals surface area contributed by atoms with Crippen LogP contribution in [0.15, 0.2) is 25.3 Å². The molecule has 3 saturated heterocycles. The van der Waals surface area contributed by atoms with E-state index < -0.39 is 27.4 Å². The lowest BCUT2D eigenvalue weighted by molar-refractivity contribution is -0.155. The Morgan fingerprint density at radius 3 is 2.67 bits per heavy atom. The van der Waals surface area contributed by atoms with Gasteiger partial charge in [0.15, 0.2) is 0 Å². The molecule has 3 aliphatic rings. The highest BCUT2D eigenvalue weighted by molar-refractivity contribution is 8.02. The predicted octanol–water partition coefficient (Wildman–Crippen LogP) is 3.95. The number of rotatable bonds is 15. The molecule has 0 aliphatic carbocycles. The van der Waals surface area contributed by atoms with Crippen LogP contribution < -0.4 is 0 Å². The third-order valence-corrected chi connectivity index (χ3v) is 10.2. The van der Waals surface area contributed by atoms with Crippen molar-refractivity contribution in [1.82, 2.24) is 9.80 Å². The quantitative estimate of drug-likeness (QED) is 0.200. The summed E-state index contributed by atoms with van der Waals surface area (Å²) in [6.45, 7) is 15.0. The molecule has 0 aromatic rings. The van der Waals surface area contributed by atoms with Crippen molar-refractivity contribution in [2.45, 2.75) is 93.7 Å². The number of likely N-dealkylation sites (tertiary alicyclic amines) is 1. The van der Waals surface area contributed by atoms with E-state index in [1.807, 2.05) is 4.90 Å². The van der Waals surface area contributed by atoms with Crippen LogP contribution in [-0.2, 0) is 19.1 Å². The van der Waals surface area contributed by atoms with Crippen molar-refractivity contribution in [1.29, 1.82) is 0 Å². The van der Waals surface area contributed by atoms with Crippen LogP contribution in [0.3, 0.4) is 0 Å². The fourth-order valence-electron chi connectivity index (χ4n) is 6.54. The van der Waals surface area contributed by atoms with Gasteiger partial charge in [-0.1, -0.05) is 25.5 Å². The van der Waals surface area contributed by atoms with Gasteiger partial charge in [0, 0.05) is 30.5 Å². The van der Waals surface area contributed by atoms with Crippen molar-refractivity contribution in [3.63, 3.8) is 0 Å². The van der Waals surface area contributed by atoms with Crippen LogP contribution >= 0.6 is 11.8 Å². The molecule has 6 atom stereocenters. The molecule has 7 nitrogen and oxygen atoms in total. The number of aliphatic hydroxyl groups is 1. The molecule has 2 amide bonds. The molecule has 2 bridgehead atoms. The van der Waals surface area contributed by atoms with Crippen LogP contribution in [0.1, 0.15) is 72.1 Å². The largest absolute Gasteiger partial charge is 0.465 e. The zero-order valence-electron chi connectivity index (χ0n) is 22.2. The number of esters is 1. The summed E-state index contributed by atoms with van der Waals surface area (Å²) in [6, 6.07) is -0.603. The molecule has 0 aromatic carbocycles. The number of aliphatic hydroxyl groups excluding tert-OH is 1. The first-order chi connectivity index (χ1) is 17.2. The zero-order valence-corrected chi connectivity index (χ0v) is 23.1. The number of fused-ring (bicyclic) bond motifs is 1. The lowest BCUT2D eigenvalue weighted by atomic mass is 9.66. The molecule has 3 unspecified atom stereocenters. The first kappa shape index (κ1) is 28.8. The van der Waals surface area contributed by atoms with Crippen molar-refractivity contribution < 1.29 is 24.2 Å². The summed E-state index contributed by atoms with van der Waals surface area (Å²) in [5, 5.41) is 9.34. The second-order valence-corrected chi connectivity index (χ2v) is 12.6. The number of amides is 2. The van der Waals surface area contributed by atoms with E-state index >= 15 is 0 Å². The fourth-order valence-corrected chi connectivity index (χ4v) is 8.88. The predicted molar refractivity (Wildman–Crippen MR) is 143 cm³/mol. The highest BCUT2D eigenvalue weighted by Gasteiger charge is 2.77. The van der Waals surface area contributed by atoms with Gasteiger partial charge in [0.25, 0.3) is 0 Å². The molecule has 3 rings (SSSR count). The summed E-state index contributed by atoms with van der Waals surface area (Å²) in [4.78, 5) is 45.3.